The second-order valence-electron chi connectivity index (χ2n) is 3.46. The van der Waals surface area contributed by atoms with E-state index < -0.39 is 5.97 Å². The van der Waals surface area contributed by atoms with Crippen molar-refractivity contribution in [2.45, 2.75) is 6.54 Å². The fourth-order valence-electron chi connectivity index (χ4n) is 1.31. The normalized spacial score (nSPS) is 10.7. The van der Waals surface area contributed by atoms with Gasteiger partial charge in [0.15, 0.2) is 0 Å². The second-order valence-corrected chi connectivity index (χ2v) is 3.46. The zero-order valence-electron chi connectivity index (χ0n) is 10.4. The summed E-state index contributed by atoms with van der Waals surface area (Å²) in [5, 5.41) is 12.7. The van der Waals surface area contributed by atoms with E-state index in [4.69, 9.17) is 19.3 Å². The lowest BCUT2D eigenvalue weighted by atomic mass is 10.4. The highest BCUT2D eigenvalue weighted by molar-refractivity contribution is 5.85. The number of carboxylic acids is 1. The van der Waals surface area contributed by atoms with Gasteiger partial charge in [-0.2, -0.15) is 5.10 Å². The van der Waals surface area contributed by atoms with E-state index in [-0.39, 0.29) is 5.69 Å². The average Bonchev–Trinajstić information content (AvgIpc) is 2.81. The molecule has 0 aliphatic heterocycles. The summed E-state index contributed by atoms with van der Waals surface area (Å²) in [4.78, 5) is 10.8. The Bertz CT molecular complexity index is 353. The minimum Gasteiger partial charge on any atom is -0.477 e. The van der Waals surface area contributed by atoms with E-state index in [0.29, 0.717) is 39.6 Å². The lowest BCUT2D eigenvalue weighted by Crippen LogP contribution is -2.15. The second kappa shape index (κ2) is 8.62. The van der Waals surface area contributed by atoms with Gasteiger partial charge in [0.1, 0.15) is 5.69 Å². The summed E-state index contributed by atoms with van der Waals surface area (Å²) in [5.41, 5.74) is 0.162. The van der Waals surface area contributed by atoms with Gasteiger partial charge < -0.3 is 19.3 Å². The first-order chi connectivity index (χ1) is 8.75. The van der Waals surface area contributed by atoms with Gasteiger partial charge in [-0.25, -0.2) is 4.79 Å². The molecule has 1 aromatic heterocycles. The van der Waals surface area contributed by atoms with Crippen LogP contribution in [0.4, 0.5) is 0 Å². The molecular formula is C11H18N2O5. The Labute approximate surface area is 105 Å². The van der Waals surface area contributed by atoms with Gasteiger partial charge in [-0.05, 0) is 6.07 Å². The van der Waals surface area contributed by atoms with Gasteiger partial charge >= 0.3 is 5.97 Å². The van der Waals surface area contributed by atoms with Crippen LogP contribution in [0.1, 0.15) is 10.5 Å². The van der Waals surface area contributed by atoms with Gasteiger partial charge in [0.25, 0.3) is 0 Å². The van der Waals surface area contributed by atoms with Crippen molar-refractivity contribution in [3.63, 3.8) is 0 Å². The van der Waals surface area contributed by atoms with Gasteiger partial charge in [-0.1, -0.05) is 0 Å². The number of ether oxygens (including phenoxy) is 3. The van der Waals surface area contributed by atoms with E-state index in [1.165, 1.54) is 16.9 Å². The molecule has 0 radical (unpaired) electrons. The molecule has 0 saturated carbocycles. The molecule has 0 amide bonds. The van der Waals surface area contributed by atoms with Crippen molar-refractivity contribution in [2.75, 3.05) is 40.1 Å². The third kappa shape index (κ3) is 5.26. The molecule has 102 valence electrons. The minimum absolute atomic E-state index is 0.162. The Hall–Kier alpha value is -1.44. The van der Waals surface area contributed by atoms with Crippen LogP contribution >= 0.6 is 0 Å². The van der Waals surface area contributed by atoms with Crippen molar-refractivity contribution in [1.82, 2.24) is 9.78 Å². The Morgan fingerprint density at radius 2 is 1.94 bits per heavy atom. The number of rotatable bonds is 10. The maximum absolute atomic E-state index is 10.8. The summed E-state index contributed by atoms with van der Waals surface area (Å²) < 4.78 is 16.7. The van der Waals surface area contributed by atoms with Crippen molar-refractivity contribution in [2.24, 2.45) is 0 Å². The number of hydrogen-bond acceptors (Lipinski definition) is 5. The lowest BCUT2D eigenvalue weighted by molar-refractivity contribution is 0.0223. The largest absolute Gasteiger partial charge is 0.477 e. The molecule has 0 unspecified atom stereocenters. The molecule has 7 nitrogen and oxygen atoms in total. The van der Waals surface area contributed by atoms with Gasteiger partial charge in [0.2, 0.25) is 0 Å². The average molecular weight is 258 g/mol. The first-order valence-electron chi connectivity index (χ1n) is 5.65. The van der Waals surface area contributed by atoms with Gasteiger partial charge in [-0.3, -0.25) is 4.68 Å². The molecule has 0 fully saturated rings. The molecule has 0 bridgehead atoms. The number of aromatic carboxylic acids is 1. The molecule has 1 N–H and O–H groups in total. The third-order valence-electron chi connectivity index (χ3n) is 2.19. The number of nitrogens with zero attached hydrogens (tertiary/aromatic N) is 2. The molecular weight excluding hydrogens is 240 g/mol. The van der Waals surface area contributed by atoms with E-state index in [1.807, 2.05) is 0 Å². The quantitative estimate of drug-likeness (QED) is 0.606. The molecule has 18 heavy (non-hydrogen) atoms. The zero-order valence-corrected chi connectivity index (χ0v) is 10.4. The molecule has 0 aliphatic rings. The van der Waals surface area contributed by atoms with Crippen molar-refractivity contribution < 1.29 is 24.1 Å². The molecule has 1 heterocycles. The van der Waals surface area contributed by atoms with Crippen LogP contribution in [0.2, 0.25) is 0 Å². The van der Waals surface area contributed by atoms with Gasteiger partial charge in [0, 0.05) is 13.3 Å². The third-order valence-corrected chi connectivity index (χ3v) is 2.19. The molecule has 0 spiro atoms. The fraction of sp³-hybridized carbons (Fsp3) is 0.636. The van der Waals surface area contributed by atoms with Crippen LogP contribution in [0.3, 0.4) is 0 Å². The standard InChI is InChI=1S/C11H18N2O5/c1-16-6-7-18-9-8-17-5-4-13-10(11(14)15)2-3-12-13/h2-3H,4-9H2,1H3,(H,14,15). The fourth-order valence-corrected chi connectivity index (χ4v) is 1.31. The summed E-state index contributed by atoms with van der Waals surface area (Å²) >= 11 is 0. The highest BCUT2D eigenvalue weighted by Crippen LogP contribution is 1.98. The summed E-state index contributed by atoms with van der Waals surface area (Å²) in [7, 11) is 1.62. The van der Waals surface area contributed by atoms with Crippen molar-refractivity contribution in [3.05, 3.63) is 18.0 Å². The Morgan fingerprint density at radius 3 is 2.61 bits per heavy atom. The van der Waals surface area contributed by atoms with Crippen molar-refractivity contribution in [3.8, 4) is 0 Å². The molecule has 1 rings (SSSR count). The van der Waals surface area contributed by atoms with Crippen LogP contribution in [0.15, 0.2) is 12.3 Å². The van der Waals surface area contributed by atoms with Crippen molar-refractivity contribution >= 4 is 5.97 Å². The topological polar surface area (TPSA) is 82.8 Å². The first kappa shape index (κ1) is 14.6. The minimum atomic E-state index is -0.990. The predicted molar refractivity (Wildman–Crippen MR) is 62.7 cm³/mol. The van der Waals surface area contributed by atoms with Crippen LogP contribution in [0.5, 0.6) is 0 Å². The molecule has 0 atom stereocenters. The maximum atomic E-state index is 10.8. The van der Waals surface area contributed by atoms with E-state index in [9.17, 15) is 4.79 Å². The summed E-state index contributed by atoms with van der Waals surface area (Å²) in [5.74, 6) is -0.990. The van der Waals surface area contributed by atoms with Gasteiger partial charge in [-0.15, -0.1) is 0 Å². The lowest BCUT2D eigenvalue weighted by Gasteiger charge is -2.06. The Kier molecular flexibility index (Phi) is 7.00. The summed E-state index contributed by atoms with van der Waals surface area (Å²) in [6.45, 7) is 2.88. The Morgan fingerprint density at radius 1 is 1.28 bits per heavy atom. The SMILES string of the molecule is COCCOCCOCCn1nccc1C(=O)O. The van der Waals surface area contributed by atoms with Crippen molar-refractivity contribution in [1.29, 1.82) is 0 Å². The monoisotopic (exact) mass is 258 g/mol. The maximum Gasteiger partial charge on any atom is 0.354 e. The molecule has 7 heteroatoms. The van der Waals surface area contributed by atoms with Crippen LogP contribution in [0.25, 0.3) is 0 Å². The number of aromatic nitrogens is 2. The summed E-state index contributed by atoms with van der Waals surface area (Å²) in [6, 6.07) is 1.45. The highest BCUT2D eigenvalue weighted by Gasteiger charge is 2.08. The number of hydrogen-bond donors (Lipinski definition) is 1. The molecule has 1 aromatic rings. The van der Waals surface area contributed by atoms with Gasteiger partial charge in [0.05, 0.1) is 39.6 Å². The predicted octanol–water partition coefficient (Wildman–Crippen LogP) is 0.261. The zero-order chi connectivity index (χ0) is 13.2. The van der Waals surface area contributed by atoms with Crippen LogP contribution in [-0.4, -0.2) is 61.0 Å². The molecule has 0 saturated heterocycles. The number of carbonyl (C=O) groups is 1. The molecule has 0 aliphatic carbocycles. The van der Waals surface area contributed by atoms with E-state index in [1.54, 1.807) is 7.11 Å². The highest BCUT2D eigenvalue weighted by atomic mass is 16.5. The smallest absolute Gasteiger partial charge is 0.354 e. The number of methoxy groups -OCH3 is 1. The van der Waals surface area contributed by atoms with E-state index >= 15 is 0 Å². The molecule has 0 aromatic carbocycles. The van der Waals surface area contributed by atoms with Crippen LogP contribution < -0.4 is 0 Å². The van der Waals surface area contributed by atoms with E-state index in [2.05, 4.69) is 5.10 Å². The van der Waals surface area contributed by atoms with E-state index in [0.717, 1.165) is 0 Å². The summed E-state index contributed by atoms with van der Waals surface area (Å²) in [6.07, 6.45) is 1.46. The van der Waals surface area contributed by atoms with Crippen LogP contribution in [0, 0.1) is 0 Å². The Balaban J connectivity index is 2.07. The number of carboxylic acid groups (broad SMARTS) is 1. The first-order valence-corrected chi connectivity index (χ1v) is 5.65. The van der Waals surface area contributed by atoms with Crippen LogP contribution in [-0.2, 0) is 20.8 Å².